The molecule has 0 aliphatic rings. The van der Waals surface area contributed by atoms with Crippen molar-refractivity contribution in [3.05, 3.63) is 64.1 Å². The Morgan fingerprint density at radius 2 is 1.95 bits per heavy atom. The van der Waals surface area contributed by atoms with Gasteiger partial charge in [0.2, 0.25) is 0 Å². The molecular weight excluding hydrogens is 276 g/mol. The Kier molecular flexibility index (Phi) is 4.32. The predicted octanol–water partition coefficient (Wildman–Crippen LogP) is 4.50. The number of rotatable bonds is 5. The first kappa shape index (κ1) is 14.2. The molecule has 0 fully saturated rings. The molecule has 1 heterocycles. The predicted molar refractivity (Wildman–Crippen MR) is 90.9 cm³/mol. The number of thiazole rings is 1. The van der Waals surface area contributed by atoms with Gasteiger partial charge in [0, 0.05) is 17.8 Å². The molecule has 2 nitrogen and oxygen atoms in total. The number of nitrogens with one attached hydrogen (secondary N) is 1. The summed E-state index contributed by atoms with van der Waals surface area (Å²) < 4.78 is 0. The fourth-order valence-corrected chi connectivity index (χ4v) is 3.32. The first-order valence-electron chi connectivity index (χ1n) is 7.39. The first-order chi connectivity index (χ1) is 10.3. The van der Waals surface area contributed by atoms with E-state index in [0.29, 0.717) is 6.04 Å². The number of aromatic nitrogens is 1. The van der Waals surface area contributed by atoms with Crippen LogP contribution in [0.4, 0.5) is 0 Å². The van der Waals surface area contributed by atoms with Crippen molar-refractivity contribution in [2.24, 2.45) is 0 Å². The zero-order valence-electron chi connectivity index (χ0n) is 12.5. The second-order valence-electron chi connectivity index (χ2n) is 5.28. The Balaban J connectivity index is 1.90. The molecule has 108 valence electrons. The van der Waals surface area contributed by atoms with Gasteiger partial charge in [-0.15, -0.1) is 11.3 Å². The molecule has 2 aromatic carbocycles. The second kappa shape index (κ2) is 6.37. The van der Waals surface area contributed by atoms with E-state index in [0.717, 1.165) is 18.0 Å². The van der Waals surface area contributed by atoms with E-state index in [9.17, 15) is 0 Å². The third-order valence-corrected chi connectivity index (χ3v) is 4.53. The summed E-state index contributed by atoms with van der Waals surface area (Å²) >= 11 is 1.72. The van der Waals surface area contributed by atoms with Crippen LogP contribution in [-0.2, 0) is 6.42 Å². The lowest BCUT2D eigenvalue weighted by molar-refractivity contribution is 0.545. The molecule has 0 saturated carbocycles. The second-order valence-corrected chi connectivity index (χ2v) is 6.34. The van der Waals surface area contributed by atoms with Crippen LogP contribution in [0.3, 0.4) is 0 Å². The highest BCUT2D eigenvalue weighted by molar-refractivity contribution is 7.09. The molecule has 0 saturated heterocycles. The van der Waals surface area contributed by atoms with E-state index in [-0.39, 0.29) is 0 Å². The van der Waals surface area contributed by atoms with Crippen LogP contribution in [0.25, 0.3) is 10.8 Å². The normalized spacial score (nSPS) is 12.7. The standard InChI is InChI=1S/C18H20N2S/c1-3-19-18(11-17-12-21-13(2)20-17)16-9-8-14-6-4-5-7-15(14)10-16/h4-10,12,18-19H,3,11H2,1-2H3. The van der Waals surface area contributed by atoms with E-state index < -0.39 is 0 Å². The van der Waals surface area contributed by atoms with Crippen molar-refractivity contribution >= 4 is 22.1 Å². The molecule has 0 spiro atoms. The molecule has 0 radical (unpaired) electrons. The molecule has 3 heteroatoms. The minimum Gasteiger partial charge on any atom is -0.310 e. The van der Waals surface area contributed by atoms with E-state index >= 15 is 0 Å². The summed E-state index contributed by atoms with van der Waals surface area (Å²) in [6.45, 7) is 5.17. The Morgan fingerprint density at radius 3 is 2.67 bits per heavy atom. The van der Waals surface area contributed by atoms with Gasteiger partial charge in [-0.05, 0) is 35.9 Å². The van der Waals surface area contributed by atoms with Crippen molar-refractivity contribution in [3.63, 3.8) is 0 Å². The summed E-state index contributed by atoms with van der Waals surface area (Å²) in [6, 6.07) is 15.6. The van der Waals surface area contributed by atoms with Gasteiger partial charge in [0.25, 0.3) is 0 Å². The van der Waals surface area contributed by atoms with E-state index in [1.165, 1.54) is 22.0 Å². The number of benzene rings is 2. The number of aryl methyl sites for hydroxylation is 1. The summed E-state index contributed by atoms with van der Waals surface area (Å²) in [4.78, 5) is 4.60. The van der Waals surface area contributed by atoms with Gasteiger partial charge < -0.3 is 5.32 Å². The van der Waals surface area contributed by atoms with Crippen LogP contribution in [-0.4, -0.2) is 11.5 Å². The summed E-state index contributed by atoms with van der Waals surface area (Å²) in [5.74, 6) is 0. The summed E-state index contributed by atoms with van der Waals surface area (Å²) in [6.07, 6.45) is 0.941. The number of hydrogen-bond donors (Lipinski definition) is 1. The zero-order valence-corrected chi connectivity index (χ0v) is 13.3. The lowest BCUT2D eigenvalue weighted by atomic mass is 9.99. The average molecular weight is 296 g/mol. The molecule has 0 aliphatic heterocycles. The minimum atomic E-state index is 0.320. The largest absolute Gasteiger partial charge is 0.310 e. The van der Waals surface area contributed by atoms with Crippen LogP contribution in [0.15, 0.2) is 47.8 Å². The van der Waals surface area contributed by atoms with Crippen molar-refractivity contribution in [3.8, 4) is 0 Å². The third-order valence-electron chi connectivity index (χ3n) is 3.71. The van der Waals surface area contributed by atoms with Crippen LogP contribution in [0.2, 0.25) is 0 Å². The molecule has 0 bridgehead atoms. The third kappa shape index (κ3) is 3.31. The van der Waals surface area contributed by atoms with Gasteiger partial charge in [-0.25, -0.2) is 4.98 Å². The van der Waals surface area contributed by atoms with Crippen molar-refractivity contribution < 1.29 is 0 Å². The SMILES string of the molecule is CCNC(Cc1csc(C)n1)c1ccc2ccccc2c1. The Hall–Kier alpha value is -1.71. The Labute approximate surface area is 129 Å². The van der Waals surface area contributed by atoms with E-state index in [1.807, 2.05) is 0 Å². The van der Waals surface area contributed by atoms with Crippen LogP contribution in [0.5, 0.6) is 0 Å². The number of nitrogens with zero attached hydrogens (tertiary/aromatic N) is 1. The summed E-state index contributed by atoms with van der Waals surface area (Å²) in [5, 5.41) is 9.48. The van der Waals surface area contributed by atoms with Gasteiger partial charge >= 0.3 is 0 Å². The topological polar surface area (TPSA) is 24.9 Å². The lowest BCUT2D eigenvalue weighted by Gasteiger charge is -2.18. The number of hydrogen-bond acceptors (Lipinski definition) is 3. The first-order valence-corrected chi connectivity index (χ1v) is 8.27. The molecule has 21 heavy (non-hydrogen) atoms. The quantitative estimate of drug-likeness (QED) is 0.750. The Bertz CT molecular complexity index is 733. The maximum absolute atomic E-state index is 4.60. The summed E-state index contributed by atoms with van der Waals surface area (Å²) in [7, 11) is 0. The molecule has 1 N–H and O–H groups in total. The monoisotopic (exact) mass is 296 g/mol. The van der Waals surface area contributed by atoms with Crippen LogP contribution in [0, 0.1) is 6.92 Å². The molecule has 1 aromatic heterocycles. The molecule has 1 unspecified atom stereocenters. The van der Waals surface area contributed by atoms with Gasteiger partial charge in [-0.3, -0.25) is 0 Å². The minimum absolute atomic E-state index is 0.320. The molecular formula is C18H20N2S. The Morgan fingerprint density at radius 1 is 1.14 bits per heavy atom. The van der Waals surface area contributed by atoms with Crippen molar-refractivity contribution in [1.82, 2.24) is 10.3 Å². The van der Waals surface area contributed by atoms with Gasteiger partial charge in [-0.2, -0.15) is 0 Å². The van der Waals surface area contributed by atoms with Crippen molar-refractivity contribution in [2.45, 2.75) is 26.3 Å². The van der Waals surface area contributed by atoms with Gasteiger partial charge in [0.15, 0.2) is 0 Å². The van der Waals surface area contributed by atoms with Crippen LogP contribution >= 0.6 is 11.3 Å². The molecule has 0 aliphatic carbocycles. The molecule has 3 rings (SSSR count). The highest BCUT2D eigenvalue weighted by atomic mass is 32.1. The fraction of sp³-hybridized carbons (Fsp3) is 0.278. The molecule has 0 amide bonds. The van der Waals surface area contributed by atoms with Crippen molar-refractivity contribution in [2.75, 3.05) is 6.54 Å². The zero-order chi connectivity index (χ0) is 14.7. The van der Waals surface area contributed by atoms with Crippen molar-refractivity contribution in [1.29, 1.82) is 0 Å². The molecule has 1 atom stereocenters. The smallest absolute Gasteiger partial charge is 0.0897 e. The maximum atomic E-state index is 4.60. The fourth-order valence-electron chi connectivity index (χ4n) is 2.69. The van der Waals surface area contributed by atoms with E-state index in [1.54, 1.807) is 11.3 Å². The van der Waals surface area contributed by atoms with Crippen LogP contribution in [0.1, 0.15) is 29.2 Å². The summed E-state index contributed by atoms with van der Waals surface area (Å²) in [5.41, 5.74) is 2.51. The highest BCUT2D eigenvalue weighted by Gasteiger charge is 2.13. The van der Waals surface area contributed by atoms with Gasteiger partial charge in [0.05, 0.1) is 10.7 Å². The van der Waals surface area contributed by atoms with Gasteiger partial charge in [0.1, 0.15) is 0 Å². The number of fused-ring (bicyclic) bond motifs is 1. The average Bonchev–Trinajstić information content (AvgIpc) is 2.91. The number of likely N-dealkylation sites (N-methyl/N-ethyl adjacent to an activating group) is 1. The molecule has 3 aromatic rings. The highest BCUT2D eigenvalue weighted by Crippen LogP contribution is 2.23. The van der Waals surface area contributed by atoms with Crippen LogP contribution < -0.4 is 5.32 Å². The van der Waals surface area contributed by atoms with Gasteiger partial charge in [-0.1, -0.05) is 43.3 Å². The maximum Gasteiger partial charge on any atom is 0.0897 e. The van der Waals surface area contributed by atoms with E-state index in [4.69, 9.17) is 0 Å². The van der Waals surface area contributed by atoms with E-state index in [2.05, 4.69) is 72.0 Å². The lowest BCUT2D eigenvalue weighted by Crippen LogP contribution is -2.23.